The molecule has 26 heavy (non-hydrogen) atoms. The largest absolute Gasteiger partial charge is 0.357 e. The zero-order valence-corrected chi connectivity index (χ0v) is 16.4. The number of carbonyl (C=O) groups is 1. The van der Waals surface area contributed by atoms with Crippen LogP contribution in [0.3, 0.4) is 0 Å². The Morgan fingerprint density at radius 3 is 2.38 bits per heavy atom. The first-order chi connectivity index (χ1) is 12.3. The Kier molecular flexibility index (Phi) is 9.02. The van der Waals surface area contributed by atoms with Crippen LogP contribution in [0.15, 0.2) is 23.2 Å². The maximum atomic E-state index is 13.4. The average molecular weight is 368 g/mol. The van der Waals surface area contributed by atoms with Crippen LogP contribution < -0.4 is 5.32 Å². The number of hydrogen-bond donors (Lipinski definition) is 1. The zero-order valence-electron chi connectivity index (χ0n) is 16.4. The Morgan fingerprint density at radius 2 is 1.85 bits per heavy atom. The summed E-state index contributed by atoms with van der Waals surface area (Å²) >= 11 is 0. The maximum absolute atomic E-state index is 13.4. The van der Waals surface area contributed by atoms with Crippen molar-refractivity contribution in [2.45, 2.75) is 33.6 Å². The van der Waals surface area contributed by atoms with Crippen molar-refractivity contribution in [2.75, 3.05) is 39.8 Å². The summed E-state index contributed by atoms with van der Waals surface area (Å²) < 4.78 is 26.5. The van der Waals surface area contributed by atoms with Crippen molar-refractivity contribution in [1.29, 1.82) is 0 Å². The first-order valence-electron chi connectivity index (χ1n) is 9.06. The van der Waals surface area contributed by atoms with E-state index in [0.29, 0.717) is 37.7 Å². The summed E-state index contributed by atoms with van der Waals surface area (Å²) in [5, 5.41) is 3.16. The Morgan fingerprint density at radius 1 is 1.19 bits per heavy atom. The van der Waals surface area contributed by atoms with Gasteiger partial charge in [-0.3, -0.25) is 9.79 Å². The summed E-state index contributed by atoms with van der Waals surface area (Å²) in [5.41, 5.74) is 0.686. The molecule has 1 aromatic carbocycles. The van der Waals surface area contributed by atoms with E-state index in [-0.39, 0.29) is 18.4 Å². The van der Waals surface area contributed by atoms with E-state index in [4.69, 9.17) is 0 Å². The number of likely N-dealkylation sites (N-methyl/N-ethyl adjacent to an activating group) is 2. The van der Waals surface area contributed by atoms with Gasteiger partial charge in [-0.2, -0.15) is 0 Å². The van der Waals surface area contributed by atoms with Crippen molar-refractivity contribution in [2.24, 2.45) is 4.99 Å². The van der Waals surface area contributed by atoms with Crippen molar-refractivity contribution in [3.63, 3.8) is 0 Å². The number of aliphatic imine (C=N–C) groups is 1. The van der Waals surface area contributed by atoms with Crippen molar-refractivity contribution >= 4 is 11.9 Å². The predicted molar refractivity (Wildman–Crippen MR) is 101 cm³/mol. The molecule has 0 aliphatic rings. The number of amides is 1. The third kappa shape index (κ3) is 6.28. The first-order valence-corrected chi connectivity index (χ1v) is 9.06. The molecule has 0 aromatic heterocycles. The minimum absolute atomic E-state index is 0.0387. The van der Waals surface area contributed by atoms with Gasteiger partial charge in [0.25, 0.3) is 0 Å². The lowest BCUT2D eigenvalue weighted by molar-refractivity contribution is -0.131. The molecule has 1 atom stereocenters. The second-order valence-electron chi connectivity index (χ2n) is 6.19. The molecule has 0 saturated heterocycles. The van der Waals surface area contributed by atoms with Crippen molar-refractivity contribution < 1.29 is 13.6 Å². The van der Waals surface area contributed by atoms with E-state index >= 15 is 0 Å². The van der Waals surface area contributed by atoms with Crippen LogP contribution >= 0.6 is 0 Å². The van der Waals surface area contributed by atoms with E-state index in [1.165, 1.54) is 6.07 Å². The summed E-state index contributed by atoms with van der Waals surface area (Å²) in [5.74, 6) is -1.13. The third-order valence-electron chi connectivity index (χ3n) is 4.21. The molecular weight excluding hydrogens is 338 g/mol. The monoisotopic (exact) mass is 368 g/mol. The van der Waals surface area contributed by atoms with E-state index in [9.17, 15) is 13.6 Å². The summed E-state index contributed by atoms with van der Waals surface area (Å²) in [7, 11) is 1.81. The molecule has 0 aliphatic carbocycles. The molecule has 7 heteroatoms. The lowest BCUT2D eigenvalue weighted by Gasteiger charge is -2.26. The van der Waals surface area contributed by atoms with Crippen LogP contribution in [0.2, 0.25) is 0 Å². The maximum Gasteiger partial charge on any atom is 0.242 e. The molecule has 0 fully saturated rings. The summed E-state index contributed by atoms with van der Waals surface area (Å²) in [6.07, 6.45) is 0. The minimum atomic E-state index is -0.854. The van der Waals surface area contributed by atoms with Crippen molar-refractivity contribution in [3.05, 3.63) is 35.4 Å². The summed E-state index contributed by atoms with van der Waals surface area (Å²) in [6, 6.07) is 3.90. The molecule has 1 rings (SSSR count). The highest BCUT2D eigenvalue weighted by atomic mass is 19.2. The number of hydrogen-bond acceptors (Lipinski definition) is 2. The zero-order chi connectivity index (χ0) is 19.7. The van der Waals surface area contributed by atoms with E-state index in [1.54, 1.807) is 15.9 Å². The summed E-state index contributed by atoms with van der Waals surface area (Å²) in [6.45, 7) is 10.4. The SMILES string of the molecule is CCNC(=NCC(C)c1ccc(F)c(F)c1)N(C)CC(=O)N(CC)CC. The van der Waals surface area contributed by atoms with Crippen LogP contribution in [0.5, 0.6) is 0 Å². The summed E-state index contributed by atoms with van der Waals surface area (Å²) in [4.78, 5) is 20.4. The topological polar surface area (TPSA) is 47.9 Å². The molecule has 0 aliphatic heterocycles. The van der Waals surface area contributed by atoms with Crippen molar-refractivity contribution in [1.82, 2.24) is 15.1 Å². The third-order valence-corrected chi connectivity index (χ3v) is 4.21. The van der Waals surface area contributed by atoms with Crippen LogP contribution in [-0.2, 0) is 4.79 Å². The average Bonchev–Trinajstić information content (AvgIpc) is 2.61. The lowest BCUT2D eigenvalue weighted by atomic mass is 10.0. The highest BCUT2D eigenvalue weighted by molar-refractivity contribution is 5.86. The molecule has 1 unspecified atom stereocenters. The van der Waals surface area contributed by atoms with Crippen LogP contribution in [-0.4, -0.2) is 61.4 Å². The second kappa shape index (κ2) is 10.7. The van der Waals surface area contributed by atoms with Crippen molar-refractivity contribution in [3.8, 4) is 0 Å². The fourth-order valence-electron chi connectivity index (χ4n) is 2.57. The Bertz CT molecular complexity index is 618. The molecule has 0 bridgehead atoms. The Hall–Kier alpha value is -2.18. The Balaban J connectivity index is 2.80. The highest BCUT2D eigenvalue weighted by Crippen LogP contribution is 2.18. The molecule has 1 aromatic rings. The fraction of sp³-hybridized carbons (Fsp3) is 0.579. The first kappa shape index (κ1) is 21.9. The van der Waals surface area contributed by atoms with Gasteiger partial charge in [0.1, 0.15) is 0 Å². The number of rotatable bonds is 8. The number of benzene rings is 1. The molecule has 0 spiro atoms. The number of guanidine groups is 1. The normalized spacial score (nSPS) is 12.7. The molecule has 5 nitrogen and oxygen atoms in total. The van der Waals surface area contributed by atoms with E-state index in [2.05, 4.69) is 10.3 Å². The van der Waals surface area contributed by atoms with Gasteiger partial charge in [-0.1, -0.05) is 13.0 Å². The highest BCUT2D eigenvalue weighted by Gasteiger charge is 2.16. The standard InChI is InChI=1S/C19H30F2N4O/c1-6-22-19(24(5)13-18(26)25(7-2)8-3)23-12-14(4)15-9-10-16(20)17(21)11-15/h9-11,14H,6-8,12-13H2,1-5H3,(H,22,23). The lowest BCUT2D eigenvalue weighted by Crippen LogP contribution is -2.45. The Labute approximate surface area is 155 Å². The van der Waals surface area contributed by atoms with Gasteiger partial charge in [0, 0.05) is 39.1 Å². The molecule has 1 amide bonds. The smallest absolute Gasteiger partial charge is 0.242 e. The number of nitrogens with one attached hydrogen (secondary N) is 1. The predicted octanol–water partition coefficient (Wildman–Crippen LogP) is 2.83. The quantitative estimate of drug-likeness (QED) is 0.567. The van der Waals surface area contributed by atoms with Gasteiger partial charge in [0.15, 0.2) is 17.6 Å². The van der Waals surface area contributed by atoms with E-state index in [0.717, 1.165) is 6.07 Å². The van der Waals surface area contributed by atoms with E-state index in [1.807, 2.05) is 34.7 Å². The van der Waals surface area contributed by atoms with Gasteiger partial charge in [-0.25, -0.2) is 8.78 Å². The van der Waals surface area contributed by atoms with Gasteiger partial charge < -0.3 is 15.1 Å². The molecule has 1 N–H and O–H groups in total. The fourth-order valence-corrected chi connectivity index (χ4v) is 2.57. The van der Waals surface area contributed by atoms with Gasteiger partial charge in [0.2, 0.25) is 5.91 Å². The second-order valence-corrected chi connectivity index (χ2v) is 6.19. The van der Waals surface area contributed by atoms with Gasteiger partial charge in [-0.15, -0.1) is 0 Å². The molecule has 0 radical (unpaired) electrons. The van der Waals surface area contributed by atoms with Crippen LogP contribution in [0.1, 0.15) is 39.2 Å². The number of carbonyl (C=O) groups excluding carboxylic acids is 1. The molecule has 146 valence electrons. The number of nitrogens with zero attached hydrogens (tertiary/aromatic N) is 3. The van der Waals surface area contributed by atoms with Gasteiger partial charge in [0.05, 0.1) is 6.54 Å². The van der Waals surface area contributed by atoms with Gasteiger partial charge >= 0.3 is 0 Å². The van der Waals surface area contributed by atoms with Crippen LogP contribution in [0.25, 0.3) is 0 Å². The molecular formula is C19H30F2N4O. The van der Waals surface area contributed by atoms with Crippen LogP contribution in [0, 0.1) is 11.6 Å². The molecule has 0 heterocycles. The minimum Gasteiger partial charge on any atom is -0.357 e. The van der Waals surface area contributed by atoms with E-state index < -0.39 is 11.6 Å². The number of halogens is 2. The van der Waals surface area contributed by atoms with Crippen LogP contribution in [0.4, 0.5) is 8.78 Å². The molecule has 0 saturated carbocycles. The van der Waals surface area contributed by atoms with Gasteiger partial charge in [-0.05, 0) is 38.5 Å².